The van der Waals surface area contributed by atoms with Crippen molar-refractivity contribution in [1.82, 2.24) is 10.2 Å². The molecule has 1 atom stereocenters. The summed E-state index contributed by atoms with van der Waals surface area (Å²) < 4.78 is 5.18. The largest absolute Gasteiger partial charge is 0.481 e. The molecule has 1 aromatic heterocycles. The first-order valence-electron chi connectivity index (χ1n) is 6.70. The Balaban J connectivity index is 2.54. The van der Waals surface area contributed by atoms with Crippen LogP contribution < -0.4 is 5.32 Å². The Morgan fingerprint density at radius 3 is 2.70 bits per heavy atom. The number of nitrogens with zero attached hydrogens (tertiary/aromatic N) is 1. The number of hydrogen-bond acceptors (Lipinski definition) is 3. The fourth-order valence-electron chi connectivity index (χ4n) is 1.97. The van der Waals surface area contributed by atoms with Crippen LogP contribution >= 0.6 is 0 Å². The average molecular weight is 282 g/mol. The van der Waals surface area contributed by atoms with Crippen LogP contribution in [-0.4, -0.2) is 35.1 Å². The molecular weight excluding hydrogens is 260 g/mol. The monoisotopic (exact) mass is 282 g/mol. The van der Waals surface area contributed by atoms with Crippen molar-refractivity contribution in [3.05, 3.63) is 23.7 Å². The van der Waals surface area contributed by atoms with Crippen molar-refractivity contribution in [1.29, 1.82) is 0 Å². The molecule has 1 unspecified atom stereocenters. The summed E-state index contributed by atoms with van der Waals surface area (Å²) in [7, 11) is 1.67. The standard InChI is InChI=1S/C14H22N2O4/c1-4-5-12(8-13(17)18)15-14(19)16(3)9-11-6-7-20-10(11)2/h6-7,12H,4-5,8-9H2,1-3H3,(H,15,19)(H,17,18). The molecule has 0 spiro atoms. The van der Waals surface area contributed by atoms with E-state index in [2.05, 4.69) is 5.32 Å². The molecule has 112 valence electrons. The molecule has 1 heterocycles. The summed E-state index contributed by atoms with van der Waals surface area (Å²) in [4.78, 5) is 24.3. The molecule has 6 heteroatoms. The number of aryl methyl sites for hydroxylation is 1. The lowest BCUT2D eigenvalue weighted by atomic mass is 10.1. The van der Waals surface area contributed by atoms with Crippen LogP contribution in [0, 0.1) is 6.92 Å². The number of furan rings is 1. The van der Waals surface area contributed by atoms with Crippen LogP contribution in [0.4, 0.5) is 4.79 Å². The second-order valence-corrected chi connectivity index (χ2v) is 4.89. The Morgan fingerprint density at radius 2 is 2.20 bits per heavy atom. The fourth-order valence-corrected chi connectivity index (χ4v) is 1.97. The second kappa shape index (κ2) is 7.57. The Bertz CT molecular complexity index is 456. The van der Waals surface area contributed by atoms with Crippen molar-refractivity contribution in [2.45, 2.75) is 45.7 Å². The van der Waals surface area contributed by atoms with Crippen LogP contribution in [0.1, 0.15) is 37.5 Å². The summed E-state index contributed by atoms with van der Waals surface area (Å²) in [5.74, 6) is -0.127. The summed E-state index contributed by atoms with van der Waals surface area (Å²) in [5.41, 5.74) is 0.938. The summed E-state index contributed by atoms with van der Waals surface area (Å²) in [6, 6.07) is 1.21. The second-order valence-electron chi connectivity index (χ2n) is 4.89. The molecule has 2 N–H and O–H groups in total. The van der Waals surface area contributed by atoms with Crippen molar-refractivity contribution in [2.75, 3.05) is 7.05 Å². The lowest BCUT2D eigenvalue weighted by molar-refractivity contribution is -0.137. The zero-order valence-electron chi connectivity index (χ0n) is 12.2. The van der Waals surface area contributed by atoms with Crippen molar-refractivity contribution >= 4 is 12.0 Å². The van der Waals surface area contributed by atoms with E-state index >= 15 is 0 Å². The van der Waals surface area contributed by atoms with Crippen LogP contribution in [-0.2, 0) is 11.3 Å². The Morgan fingerprint density at radius 1 is 1.50 bits per heavy atom. The highest BCUT2D eigenvalue weighted by Gasteiger charge is 2.18. The topological polar surface area (TPSA) is 82.8 Å². The zero-order chi connectivity index (χ0) is 15.1. The molecule has 0 bridgehead atoms. The lowest BCUT2D eigenvalue weighted by Gasteiger charge is -2.22. The van der Waals surface area contributed by atoms with E-state index in [1.54, 1.807) is 13.3 Å². The molecule has 0 fully saturated rings. The third-order valence-electron chi connectivity index (χ3n) is 3.11. The van der Waals surface area contributed by atoms with E-state index in [4.69, 9.17) is 9.52 Å². The van der Waals surface area contributed by atoms with E-state index in [0.29, 0.717) is 13.0 Å². The molecule has 6 nitrogen and oxygen atoms in total. The van der Waals surface area contributed by atoms with Crippen LogP contribution in [0.2, 0.25) is 0 Å². The number of aliphatic carboxylic acids is 1. The molecule has 0 aromatic carbocycles. The van der Waals surface area contributed by atoms with Crippen molar-refractivity contribution in [3.8, 4) is 0 Å². The highest BCUT2D eigenvalue weighted by molar-refractivity contribution is 5.75. The predicted octanol–water partition coefficient (Wildman–Crippen LogP) is 2.37. The molecule has 1 aromatic rings. The van der Waals surface area contributed by atoms with Crippen molar-refractivity contribution < 1.29 is 19.1 Å². The van der Waals surface area contributed by atoms with Gasteiger partial charge in [0.05, 0.1) is 19.2 Å². The van der Waals surface area contributed by atoms with E-state index in [1.807, 2.05) is 19.9 Å². The van der Waals surface area contributed by atoms with Gasteiger partial charge in [0.2, 0.25) is 0 Å². The van der Waals surface area contributed by atoms with E-state index < -0.39 is 5.97 Å². The van der Waals surface area contributed by atoms with Gasteiger partial charge in [0.1, 0.15) is 5.76 Å². The van der Waals surface area contributed by atoms with Gasteiger partial charge < -0.3 is 19.7 Å². The number of carbonyl (C=O) groups is 2. The fraction of sp³-hybridized carbons (Fsp3) is 0.571. The van der Waals surface area contributed by atoms with Gasteiger partial charge in [0, 0.05) is 18.7 Å². The minimum absolute atomic E-state index is 0.0574. The lowest BCUT2D eigenvalue weighted by Crippen LogP contribution is -2.43. The van der Waals surface area contributed by atoms with Gasteiger partial charge in [-0.3, -0.25) is 4.79 Å². The number of carboxylic acid groups (broad SMARTS) is 1. The highest BCUT2D eigenvalue weighted by atomic mass is 16.4. The number of rotatable bonds is 7. The minimum atomic E-state index is -0.905. The van der Waals surface area contributed by atoms with Gasteiger partial charge in [0.25, 0.3) is 0 Å². The molecule has 0 aliphatic rings. The van der Waals surface area contributed by atoms with E-state index in [1.165, 1.54) is 4.90 Å². The van der Waals surface area contributed by atoms with Crippen molar-refractivity contribution in [3.63, 3.8) is 0 Å². The third-order valence-corrected chi connectivity index (χ3v) is 3.11. The molecule has 0 aliphatic heterocycles. The summed E-state index contributed by atoms with van der Waals surface area (Å²) >= 11 is 0. The summed E-state index contributed by atoms with van der Waals surface area (Å²) in [6.07, 6.45) is 3.00. The molecular formula is C14H22N2O4. The number of hydrogen-bond donors (Lipinski definition) is 2. The number of amides is 2. The first-order valence-corrected chi connectivity index (χ1v) is 6.70. The van der Waals surface area contributed by atoms with Gasteiger partial charge in [-0.1, -0.05) is 13.3 Å². The van der Waals surface area contributed by atoms with Crippen LogP contribution in [0.15, 0.2) is 16.7 Å². The van der Waals surface area contributed by atoms with Gasteiger partial charge in [0.15, 0.2) is 0 Å². The number of nitrogens with one attached hydrogen (secondary N) is 1. The van der Waals surface area contributed by atoms with E-state index in [-0.39, 0.29) is 18.5 Å². The first kappa shape index (κ1) is 16.1. The number of urea groups is 1. The molecule has 2 amide bonds. The smallest absolute Gasteiger partial charge is 0.317 e. The summed E-state index contributed by atoms with van der Waals surface area (Å²) in [5, 5.41) is 11.6. The van der Waals surface area contributed by atoms with Crippen LogP contribution in [0.25, 0.3) is 0 Å². The van der Waals surface area contributed by atoms with Crippen molar-refractivity contribution in [2.24, 2.45) is 0 Å². The Labute approximate surface area is 118 Å². The average Bonchev–Trinajstić information content (AvgIpc) is 2.74. The van der Waals surface area contributed by atoms with Gasteiger partial charge in [-0.05, 0) is 19.4 Å². The molecule has 20 heavy (non-hydrogen) atoms. The minimum Gasteiger partial charge on any atom is -0.481 e. The van der Waals surface area contributed by atoms with E-state index in [9.17, 15) is 9.59 Å². The molecule has 0 saturated heterocycles. The van der Waals surface area contributed by atoms with Gasteiger partial charge >= 0.3 is 12.0 Å². The SMILES string of the molecule is CCCC(CC(=O)O)NC(=O)N(C)Cc1ccoc1C. The first-order chi connectivity index (χ1) is 9.43. The van der Waals surface area contributed by atoms with Crippen LogP contribution in [0.5, 0.6) is 0 Å². The normalized spacial score (nSPS) is 11.9. The maximum absolute atomic E-state index is 12.0. The number of carbonyl (C=O) groups excluding carboxylic acids is 1. The third kappa shape index (κ3) is 4.95. The highest BCUT2D eigenvalue weighted by Crippen LogP contribution is 2.11. The number of carboxylic acids is 1. The predicted molar refractivity (Wildman–Crippen MR) is 74.4 cm³/mol. The van der Waals surface area contributed by atoms with Crippen LogP contribution in [0.3, 0.4) is 0 Å². The maximum atomic E-state index is 12.0. The Kier molecular flexibility index (Phi) is 6.09. The molecule has 1 rings (SSSR count). The molecule has 0 radical (unpaired) electrons. The van der Waals surface area contributed by atoms with Gasteiger partial charge in [-0.25, -0.2) is 4.79 Å². The zero-order valence-corrected chi connectivity index (χ0v) is 12.2. The quantitative estimate of drug-likeness (QED) is 0.804. The summed E-state index contributed by atoms with van der Waals surface area (Å²) in [6.45, 7) is 4.23. The molecule has 0 saturated carbocycles. The van der Waals surface area contributed by atoms with E-state index in [0.717, 1.165) is 17.7 Å². The maximum Gasteiger partial charge on any atom is 0.317 e. The van der Waals surface area contributed by atoms with Gasteiger partial charge in [-0.2, -0.15) is 0 Å². The molecule has 0 aliphatic carbocycles. The Hall–Kier alpha value is -1.98. The van der Waals surface area contributed by atoms with Gasteiger partial charge in [-0.15, -0.1) is 0 Å².